The number of rotatable bonds is 5. The number of imidazole rings is 1. The van der Waals surface area contributed by atoms with Crippen LogP contribution < -0.4 is 10.9 Å². The Morgan fingerprint density at radius 1 is 1.43 bits per heavy atom. The highest BCUT2D eigenvalue weighted by molar-refractivity contribution is 5.94. The van der Waals surface area contributed by atoms with Gasteiger partial charge in [-0.2, -0.15) is 0 Å². The van der Waals surface area contributed by atoms with Crippen LogP contribution in [0.5, 0.6) is 0 Å². The number of aromatic nitrogens is 4. The van der Waals surface area contributed by atoms with Crippen molar-refractivity contribution >= 4 is 5.91 Å². The molecular weight excluding hydrogens is 270 g/mol. The van der Waals surface area contributed by atoms with Gasteiger partial charge in [0.25, 0.3) is 11.5 Å². The van der Waals surface area contributed by atoms with Crippen LogP contribution in [-0.4, -0.2) is 32.4 Å². The summed E-state index contributed by atoms with van der Waals surface area (Å²) in [5, 5.41) is 2.71. The minimum atomic E-state index is -0.414. The van der Waals surface area contributed by atoms with Gasteiger partial charge in [0.05, 0.1) is 5.69 Å². The maximum absolute atomic E-state index is 12.1. The van der Waals surface area contributed by atoms with Crippen molar-refractivity contribution in [2.45, 2.75) is 33.1 Å². The number of carbonyl (C=O) groups excluding carboxylic acids is 1. The molecule has 2 aromatic rings. The molecule has 21 heavy (non-hydrogen) atoms. The van der Waals surface area contributed by atoms with Crippen molar-refractivity contribution in [1.82, 2.24) is 25.3 Å². The number of aromatic amines is 2. The highest BCUT2D eigenvalue weighted by Gasteiger charge is 2.16. The molecule has 112 valence electrons. The quantitative estimate of drug-likeness (QED) is 0.760. The molecule has 2 aromatic heterocycles. The van der Waals surface area contributed by atoms with E-state index in [0.717, 1.165) is 5.82 Å². The normalized spacial score (nSPS) is 10.9. The Morgan fingerprint density at radius 3 is 2.76 bits per heavy atom. The van der Waals surface area contributed by atoms with Gasteiger partial charge in [0, 0.05) is 31.3 Å². The Hall–Kier alpha value is -2.44. The number of aryl methyl sites for hydroxylation is 1. The number of nitrogens with one attached hydrogen (secondary N) is 3. The first kappa shape index (κ1) is 15.0. The summed E-state index contributed by atoms with van der Waals surface area (Å²) in [5.41, 5.74) is 0.110. The number of H-pyrrole nitrogens is 2. The Balaban J connectivity index is 2.07. The zero-order valence-electron chi connectivity index (χ0n) is 12.4. The van der Waals surface area contributed by atoms with Crippen molar-refractivity contribution in [2.24, 2.45) is 0 Å². The minimum Gasteiger partial charge on any atom is -0.351 e. The molecule has 0 radical (unpaired) electrons. The smallest absolute Gasteiger partial charge is 0.264 e. The fourth-order valence-corrected chi connectivity index (χ4v) is 1.97. The van der Waals surface area contributed by atoms with Crippen LogP contribution in [0.15, 0.2) is 17.2 Å². The average Bonchev–Trinajstić information content (AvgIpc) is 2.90. The lowest BCUT2D eigenvalue weighted by Crippen LogP contribution is -2.33. The third-order valence-corrected chi connectivity index (χ3v) is 3.09. The van der Waals surface area contributed by atoms with Gasteiger partial charge in [0.15, 0.2) is 0 Å². The molecule has 0 aliphatic carbocycles. The third-order valence-electron chi connectivity index (χ3n) is 3.09. The Morgan fingerprint density at radius 2 is 2.19 bits per heavy atom. The molecular formula is C14H19N5O2. The molecule has 0 bridgehead atoms. The predicted octanol–water partition coefficient (Wildman–Crippen LogP) is 0.897. The topological polar surface area (TPSA) is 104 Å². The summed E-state index contributed by atoms with van der Waals surface area (Å²) in [7, 11) is 0. The first-order valence-corrected chi connectivity index (χ1v) is 6.86. The van der Waals surface area contributed by atoms with E-state index in [4.69, 9.17) is 0 Å². The van der Waals surface area contributed by atoms with Crippen LogP contribution in [0.25, 0.3) is 0 Å². The summed E-state index contributed by atoms with van der Waals surface area (Å²) in [6.45, 7) is 5.93. The SMILES string of the molecule is Cc1nc(C(C)C)[nH]c(=O)c1C(=O)NCCc1ncc[nH]1. The Labute approximate surface area is 122 Å². The molecule has 0 spiro atoms. The van der Waals surface area contributed by atoms with Crippen LogP contribution in [0.1, 0.15) is 47.5 Å². The van der Waals surface area contributed by atoms with Gasteiger partial charge in [0.1, 0.15) is 17.2 Å². The summed E-state index contributed by atoms with van der Waals surface area (Å²) in [4.78, 5) is 38.1. The Bertz CT molecular complexity index is 673. The summed E-state index contributed by atoms with van der Waals surface area (Å²) >= 11 is 0. The van der Waals surface area contributed by atoms with Crippen LogP contribution in [0.3, 0.4) is 0 Å². The second-order valence-electron chi connectivity index (χ2n) is 5.11. The van der Waals surface area contributed by atoms with Crippen molar-refractivity contribution in [1.29, 1.82) is 0 Å². The first-order valence-electron chi connectivity index (χ1n) is 6.86. The standard InChI is InChI=1S/C14H19N5O2/c1-8(2)12-18-9(3)11(14(21)19-12)13(20)17-5-4-10-15-6-7-16-10/h6-8H,4-5H2,1-3H3,(H,15,16)(H,17,20)(H,18,19,21). The second-order valence-corrected chi connectivity index (χ2v) is 5.11. The highest BCUT2D eigenvalue weighted by Crippen LogP contribution is 2.08. The number of hydrogen-bond acceptors (Lipinski definition) is 4. The van der Waals surface area contributed by atoms with Gasteiger partial charge in [-0.15, -0.1) is 0 Å². The summed E-state index contributed by atoms with van der Waals surface area (Å²) < 4.78 is 0. The van der Waals surface area contributed by atoms with Gasteiger partial charge < -0.3 is 15.3 Å². The summed E-state index contributed by atoms with van der Waals surface area (Å²) in [6.07, 6.45) is 3.95. The maximum atomic E-state index is 12.1. The van der Waals surface area contributed by atoms with E-state index in [2.05, 4.69) is 25.3 Å². The minimum absolute atomic E-state index is 0.0684. The van der Waals surface area contributed by atoms with Gasteiger partial charge in [-0.05, 0) is 6.92 Å². The molecule has 2 rings (SSSR count). The molecule has 0 aliphatic rings. The first-order chi connectivity index (χ1) is 9.99. The predicted molar refractivity (Wildman–Crippen MR) is 78.3 cm³/mol. The molecule has 1 amide bonds. The van der Waals surface area contributed by atoms with Crippen molar-refractivity contribution in [3.05, 3.63) is 45.7 Å². The summed E-state index contributed by atoms with van der Waals surface area (Å²) in [6, 6.07) is 0. The number of nitrogens with zero attached hydrogens (tertiary/aromatic N) is 2. The van der Waals surface area contributed by atoms with Crippen molar-refractivity contribution in [2.75, 3.05) is 6.54 Å². The molecule has 0 aromatic carbocycles. The molecule has 0 saturated heterocycles. The monoisotopic (exact) mass is 289 g/mol. The van der Waals surface area contributed by atoms with E-state index in [0.29, 0.717) is 24.5 Å². The van der Waals surface area contributed by atoms with E-state index in [1.54, 1.807) is 19.3 Å². The van der Waals surface area contributed by atoms with Crippen molar-refractivity contribution in [3.8, 4) is 0 Å². The van der Waals surface area contributed by atoms with Crippen LogP contribution >= 0.6 is 0 Å². The zero-order valence-corrected chi connectivity index (χ0v) is 12.4. The molecule has 0 aliphatic heterocycles. The van der Waals surface area contributed by atoms with Gasteiger partial charge >= 0.3 is 0 Å². The van der Waals surface area contributed by atoms with E-state index >= 15 is 0 Å². The molecule has 7 heteroatoms. The number of amides is 1. The van der Waals surface area contributed by atoms with Crippen LogP contribution in [0.4, 0.5) is 0 Å². The molecule has 2 heterocycles. The maximum Gasteiger partial charge on any atom is 0.264 e. The fraction of sp³-hybridized carbons (Fsp3) is 0.429. The van der Waals surface area contributed by atoms with E-state index in [-0.39, 0.29) is 11.5 Å². The van der Waals surface area contributed by atoms with Gasteiger partial charge in [0.2, 0.25) is 0 Å². The second kappa shape index (κ2) is 6.34. The van der Waals surface area contributed by atoms with E-state index in [1.807, 2.05) is 13.8 Å². The van der Waals surface area contributed by atoms with Crippen molar-refractivity contribution < 1.29 is 4.79 Å². The lowest BCUT2D eigenvalue weighted by atomic mass is 10.1. The zero-order chi connectivity index (χ0) is 15.4. The highest BCUT2D eigenvalue weighted by atomic mass is 16.2. The number of hydrogen-bond donors (Lipinski definition) is 3. The molecule has 7 nitrogen and oxygen atoms in total. The van der Waals surface area contributed by atoms with Gasteiger partial charge in [-0.25, -0.2) is 9.97 Å². The fourth-order valence-electron chi connectivity index (χ4n) is 1.97. The molecule has 0 saturated carbocycles. The average molecular weight is 289 g/mol. The Kier molecular flexibility index (Phi) is 4.52. The summed E-state index contributed by atoms with van der Waals surface area (Å²) in [5.74, 6) is 1.06. The number of carbonyl (C=O) groups is 1. The third kappa shape index (κ3) is 3.56. The molecule has 0 atom stereocenters. The molecule has 3 N–H and O–H groups in total. The largest absolute Gasteiger partial charge is 0.351 e. The molecule has 0 fully saturated rings. The van der Waals surface area contributed by atoms with Crippen LogP contribution in [-0.2, 0) is 6.42 Å². The van der Waals surface area contributed by atoms with Crippen LogP contribution in [0.2, 0.25) is 0 Å². The molecule has 0 unspecified atom stereocenters. The van der Waals surface area contributed by atoms with E-state index in [1.165, 1.54) is 0 Å². The van der Waals surface area contributed by atoms with E-state index < -0.39 is 11.5 Å². The lowest BCUT2D eigenvalue weighted by Gasteiger charge is -2.09. The van der Waals surface area contributed by atoms with Crippen molar-refractivity contribution in [3.63, 3.8) is 0 Å². The lowest BCUT2D eigenvalue weighted by molar-refractivity contribution is 0.0951. The van der Waals surface area contributed by atoms with E-state index in [9.17, 15) is 9.59 Å². The van der Waals surface area contributed by atoms with Crippen LogP contribution in [0, 0.1) is 6.92 Å². The van der Waals surface area contributed by atoms with Gasteiger partial charge in [-0.3, -0.25) is 9.59 Å². The van der Waals surface area contributed by atoms with Gasteiger partial charge in [-0.1, -0.05) is 13.8 Å².